The van der Waals surface area contributed by atoms with E-state index in [1.54, 1.807) is 14.1 Å². The van der Waals surface area contributed by atoms with E-state index in [1.165, 1.54) is 17.9 Å². The van der Waals surface area contributed by atoms with Crippen molar-refractivity contribution in [3.8, 4) is 11.5 Å². The minimum atomic E-state index is -2.70. The lowest BCUT2D eigenvalue weighted by Gasteiger charge is -2.50. The summed E-state index contributed by atoms with van der Waals surface area (Å²) in [4.78, 5) is 51.6. The number of aliphatic hydroxyl groups excluding tert-OH is 2. The van der Waals surface area contributed by atoms with Crippen LogP contribution in [0.4, 0.5) is 0 Å². The minimum absolute atomic E-state index is 0.0333. The second kappa shape index (κ2) is 7.67. The van der Waals surface area contributed by atoms with Crippen LogP contribution in [0.25, 0.3) is 0 Å². The maximum Gasteiger partial charge on any atom is 0.308 e. The van der Waals surface area contributed by atoms with E-state index in [-0.39, 0.29) is 35.3 Å². The quantitative estimate of drug-likeness (QED) is 0.228. The highest BCUT2D eigenvalue weighted by Crippen LogP contribution is 2.53. The molecule has 34 heavy (non-hydrogen) atoms. The van der Waals surface area contributed by atoms with Gasteiger partial charge in [-0.25, -0.2) is 0 Å². The van der Waals surface area contributed by atoms with Crippen LogP contribution in [-0.4, -0.2) is 74.5 Å². The molecule has 4 atom stereocenters. The highest BCUT2D eigenvalue weighted by molar-refractivity contribution is 6.24. The topological polar surface area (TPSA) is 188 Å². The normalized spacial score (nSPS) is 28.4. The van der Waals surface area contributed by atoms with Crippen molar-refractivity contribution in [1.29, 1.82) is 0 Å². The number of ketones is 2. The Bertz CT molecular complexity index is 1230. The van der Waals surface area contributed by atoms with Gasteiger partial charge in [-0.15, -0.1) is 0 Å². The van der Waals surface area contributed by atoms with E-state index in [2.05, 4.69) is 0 Å². The van der Waals surface area contributed by atoms with Gasteiger partial charge in [0.15, 0.2) is 11.4 Å². The van der Waals surface area contributed by atoms with E-state index >= 15 is 0 Å². The lowest BCUT2D eigenvalue weighted by Crippen LogP contribution is -2.63. The summed E-state index contributed by atoms with van der Waals surface area (Å²) in [6, 6.07) is 1.42. The number of nitrogens with two attached hydrogens (primary N) is 1. The van der Waals surface area contributed by atoms with Crippen molar-refractivity contribution in [3.63, 3.8) is 0 Å². The Labute approximate surface area is 193 Å². The number of esters is 1. The first kappa shape index (κ1) is 23.5. The largest absolute Gasteiger partial charge is 0.510 e. The number of aromatic hydroxyl groups is 1. The van der Waals surface area contributed by atoms with E-state index in [0.717, 1.165) is 6.07 Å². The molecular formula is C23H24N2O9. The van der Waals surface area contributed by atoms with Gasteiger partial charge in [0.25, 0.3) is 5.91 Å². The zero-order valence-electron chi connectivity index (χ0n) is 18.7. The number of likely N-dealkylation sites (N-methyl/N-ethyl adjacent to an activating group) is 1. The monoisotopic (exact) mass is 472 g/mol. The fourth-order valence-electron chi connectivity index (χ4n) is 5.47. The molecule has 6 N–H and O–H groups in total. The predicted molar refractivity (Wildman–Crippen MR) is 115 cm³/mol. The summed E-state index contributed by atoms with van der Waals surface area (Å²) in [5.74, 6) is -7.92. The van der Waals surface area contributed by atoms with E-state index in [1.807, 2.05) is 0 Å². The summed E-state index contributed by atoms with van der Waals surface area (Å²) in [7, 11) is 3.09. The van der Waals surface area contributed by atoms with Gasteiger partial charge in [0.2, 0.25) is 5.78 Å². The summed E-state index contributed by atoms with van der Waals surface area (Å²) in [5, 5.41) is 43.8. The van der Waals surface area contributed by atoms with Crippen LogP contribution in [0.2, 0.25) is 0 Å². The number of carbonyl (C=O) groups excluding carboxylic acids is 4. The predicted octanol–water partition coefficient (Wildman–Crippen LogP) is 0.0459. The van der Waals surface area contributed by atoms with Gasteiger partial charge in [-0.05, 0) is 45.0 Å². The molecule has 4 rings (SSSR count). The third-order valence-corrected chi connectivity index (χ3v) is 6.82. The number of aliphatic hydroxyl groups is 3. The van der Waals surface area contributed by atoms with Crippen molar-refractivity contribution >= 4 is 23.4 Å². The number of phenolic OH excluding ortho intramolecular Hbond substituents is 1. The third kappa shape index (κ3) is 3.04. The van der Waals surface area contributed by atoms with Gasteiger partial charge >= 0.3 is 5.97 Å². The number of amides is 1. The van der Waals surface area contributed by atoms with Gasteiger partial charge < -0.3 is 30.9 Å². The Balaban J connectivity index is 1.95. The number of fused-ring (bicyclic) bond motifs is 3. The Morgan fingerprint density at radius 3 is 2.38 bits per heavy atom. The molecule has 0 heterocycles. The molecule has 0 fully saturated rings. The number of hydrogen-bond acceptors (Lipinski definition) is 10. The van der Waals surface area contributed by atoms with E-state index < -0.39 is 69.8 Å². The lowest BCUT2D eigenvalue weighted by molar-refractivity contribution is -0.148. The highest BCUT2D eigenvalue weighted by Gasteiger charge is 2.63. The van der Waals surface area contributed by atoms with Crippen LogP contribution >= 0.6 is 0 Å². The third-order valence-electron chi connectivity index (χ3n) is 6.82. The molecule has 1 aromatic rings. The molecule has 0 bridgehead atoms. The summed E-state index contributed by atoms with van der Waals surface area (Å²) in [6.45, 7) is 1.18. The lowest BCUT2D eigenvalue weighted by atomic mass is 9.58. The number of ether oxygens (including phenoxy) is 1. The smallest absolute Gasteiger partial charge is 0.308 e. The first-order valence-corrected chi connectivity index (χ1v) is 10.5. The van der Waals surface area contributed by atoms with Crippen LogP contribution in [0.5, 0.6) is 11.5 Å². The number of carbonyl (C=O) groups is 4. The van der Waals surface area contributed by atoms with Gasteiger partial charge in [0.05, 0.1) is 11.6 Å². The number of rotatable bonds is 3. The molecule has 0 aliphatic heterocycles. The maximum absolute atomic E-state index is 13.4. The fourth-order valence-corrected chi connectivity index (χ4v) is 5.47. The zero-order valence-corrected chi connectivity index (χ0v) is 18.7. The molecule has 0 saturated heterocycles. The molecule has 1 amide bonds. The first-order chi connectivity index (χ1) is 15.8. The van der Waals surface area contributed by atoms with Gasteiger partial charge in [-0.3, -0.25) is 24.1 Å². The van der Waals surface area contributed by atoms with Crippen LogP contribution in [0, 0.1) is 11.8 Å². The SMILES string of the molecule is CC(=O)Oc1ccc(O)c2c1C[C@H]1C[C@H]3[C@H](N(C)C)C(O)=C(C(N)=O)C(=O)[C@@]3(O)C(O)=C1C2=O. The molecule has 180 valence electrons. The van der Waals surface area contributed by atoms with Gasteiger partial charge in [-0.2, -0.15) is 0 Å². The molecule has 3 aliphatic carbocycles. The van der Waals surface area contributed by atoms with Gasteiger partial charge in [0, 0.05) is 24.0 Å². The molecular weight excluding hydrogens is 448 g/mol. The van der Waals surface area contributed by atoms with Crippen molar-refractivity contribution in [3.05, 3.63) is 45.9 Å². The number of benzene rings is 1. The maximum atomic E-state index is 13.4. The molecule has 1 aromatic carbocycles. The molecule has 11 heteroatoms. The van der Waals surface area contributed by atoms with E-state index in [0.29, 0.717) is 0 Å². The summed E-state index contributed by atoms with van der Waals surface area (Å²) in [5.41, 5.74) is 1.46. The number of primary amides is 1. The minimum Gasteiger partial charge on any atom is -0.510 e. The average Bonchev–Trinajstić information content (AvgIpc) is 2.72. The average molecular weight is 472 g/mol. The second-order valence-corrected chi connectivity index (χ2v) is 8.99. The van der Waals surface area contributed by atoms with Gasteiger partial charge in [-0.1, -0.05) is 0 Å². The van der Waals surface area contributed by atoms with Crippen LogP contribution in [0.1, 0.15) is 29.3 Å². The number of phenols is 1. The first-order valence-electron chi connectivity index (χ1n) is 10.5. The second-order valence-electron chi connectivity index (χ2n) is 8.99. The highest BCUT2D eigenvalue weighted by atomic mass is 16.5. The molecule has 11 nitrogen and oxygen atoms in total. The molecule has 0 radical (unpaired) electrons. The van der Waals surface area contributed by atoms with Crippen molar-refractivity contribution in [2.24, 2.45) is 17.6 Å². The molecule has 0 aromatic heterocycles. The van der Waals surface area contributed by atoms with Crippen molar-refractivity contribution < 1.29 is 44.3 Å². The standard InChI is InChI=1S/C23H24N2O9/c1-8(26)34-13-5-4-12(27)15-10(13)6-9-7-11-17(25(2)3)19(29)16(22(24)32)21(31)23(11,33)20(30)14(9)18(15)28/h4-5,9,11,17,27,29-30,33H,6-7H2,1-3H3,(H2,24,32)/t9-,11-,17-,23-/m0/s1. The van der Waals surface area contributed by atoms with E-state index in [4.69, 9.17) is 10.5 Å². The Morgan fingerprint density at radius 2 is 1.82 bits per heavy atom. The van der Waals surface area contributed by atoms with Crippen LogP contribution in [-0.2, 0) is 20.8 Å². The Morgan fingerprint density at radius 1 is 1.18 bits per heavy atom. The van der Waals surface area contributed by atoms with Gasteiger partial charge in [0.1, 0.15) is 28.6 Å². The summed E-state index contributed by atoms with van der Waals surface area (Å²) >= 11 is 0. The van der Waals surface area contributed by atoms with Crippen LogP contribution in [0.3, 0.4) is 0 Å². The van der Waals surface area contributed by atoms with E-state index in [9.17, 15) is 39.6 Å². The van der Waals surface area contributed by atoms with Crippen LogP contribution in [0.15, 0.2) is 34.8 Å². The summed E-state index contributed by atoms with van der Waals surface area (Å²) < 4.78 is 5.19. The van der Waals surface area contributed by atoms with Crippen molar-refractivity contribution in [2.45, 2.75) is 31.4 Å². The number of allylic oxidation sites excluding steroid dienone is 1. The molecule has 3 aliphatic rings. The molecule has 0 unspecified atom stereocenters. The fraction of sp³-hybridized carbons (Fsp3) is 0.391. The van der Waals surface area contributed by atoms with Crippen molar-refractivity contribution in [2.75, 3.05) is 14.1 Å². The number of nitrogens with zero attached hydrogens (tertiary/aromatic N) is 1. The Hall–Kier alpha value is -3.70. The molecule has 0 spiro atoms. The van der Waals surface area contributed by atoms with Crippen LogP contribution < -0.4 is 10.5 Å². The number of hydrogen-bond donors (Lipinski definition) is 5. The number of Topliss-reactive ketones (excluding diaryl/α,β-unsaturated/α-hetero) is 2. The Kier molecular flexibility index (Phi) is 5.29. The zero-order chi connectivity index (χ0) is 25.3. The van der Waals surface area contributed by atoms with Crippen molar-refractivity contribution in [1.82, 2.24) is 4.90 Å². The summed E-state index contributed by atoms with van der Waals surface area (Å²) in [6.07, 6.45) is -0.0213. The molecule has 0 saturated carbocycles.